The molecule has 4 N–H and O–H groups in total. The lowest BCUT2D eigenvalue weighted by Crippen LogP contribution is -2.29. The molecule has 0 fully saturated rings. The predicted molar refractivity (Wildman–Crippen MR) is 34.6 cm³/mol. The maximum atomic E-state index is 10.3. The minimum absolute atomic E-state index is 0. The van der Waals surface area contributed by atoms with E-state index in [1.807, 2.05) is 0 Å². The van der Waals surface area contributed by atoms with Gasteiger partial charge in [0.2, 0.25) is 11.5 Å². The standard InChI is InChI=1S/C5H2O5.H2O/c6-1-2(7)4(9)5(10)3(1)8;/h6-7H;1H2. The van der Waals surface area contributed by atoms with E-state index >= 15 is 0 Å². The van der Waals surface area contributed by atoms with Gasteiger partial charge in [-0.25, -0.2) is 0 Å². The SMILES string of the molecule is O.O=c1c(O)c(O)c(=O)c1=O. The molecule has 0 aromatic heterocycles. The topological polar surface area (TPSA) is 123 Å². The van der Waals surface area contributed by atoms with Gasteiger partial charge in [-0.15, -0.1) is 0 Å². The van der Waals surface area contributed by atoms with E-state index in [1.54, 1.807) is 0 Å². The second kappa shape index (κ2) is 2.51. The molecule has 0 aliphatic carbocycles. The third-order valence-electron chi connectivity index (χ3n) is 1.07. The van der Waals surface area contributed by atoms with Crippen LogP contribution in [-0.4, -0.2) is 15.7 Å². The zero-order chi connectivity index (χ0) is 7.89. The highest BCUT2D eigenvalue weighted by atomic mass is 16.3. The minimum Gasteiger partial charge on any atom is -0.501 e. The van der Waals surface area contributed by atoms with Crippen LogP contribution in [0.3, 0.4) is 0 Å². The van der Waals surface area contributed by atoms with E-state index < -0.39 is 27.8 Å². The Bertz CT molecular complexity index is 359. The first kappa shape index (κ1) is 9.31. The van der Waals surface area contributed by atoms with Crippen molar-refractivity contribution in [1.82, 2.24) is 0 Å². The Morgan fingerprint density at radius 2 is 1.00 bits per heavy atom. The summed E-state index contributed by atoms with van der Waals surface area (Å²) in [6.07, 6.45) is 0. The lowest BCUT2D eigenvalue weighted by molar-refractivity contribution is 0.402. The lowest BCUT2D eigenvalue weighted by atomic mass is 10.5. The van der Waals surface area contributed by atoms with Crippen molar-refractivity contribution in [1.29, 1.82) is 0 Å². The maximum Gasteiger partial charge on any atom is 0.280 e. The fourth-order valence-electron chi connectivity index (χ4n) is 0.533. The van der Waals surface area contributed by atoms with Crippen LogP contribution in [0.2, 0.25) is 0 Å². The van der Waals surface area contributed by atoms with Crippen LogP contribution >= 0.6 is 0 Å². The average Bonchev–Trinajstić information content (AvgIpc) is 2.07. The van der Waals surface area contributed by atoms with E-state index in [9.17, 15) is 14.4 Å². The van der Waals surface area contributed by atoms with E-state index in [4.69, 9.17) is 10.2 Å². The van der Waals surface area contributed by atoms with E-state index in [1.165, 1.54) is 0 Å². The van der Waals surface area contributed by atoms with Gasteiger partial charge in [-0.2, -0.15) is 0 Å². The van der Waals surface area contributed by atoms with Crippen molar-refractivity contribution in [2.24, 2.45) is 0 Å². The van der Waals surface area contributed by atoms with Crippen LogP contribution in [0.4, 0.5) is 0 Å². The first-order chi connectivity index (χ1) is 4.55. The average molecular weight is 160 g/mol. The molecule has 0 unspecified atom stereocenters. The highest BCUT2D eigenvalue weighted by molar-refractivity contribution is 5.38. The van der Waals surface area contributed by atoms with Crippen LogP contribution in [0.15, 0.2) is 14.4 Å². The van der Waals surface area contributed by atoms with E-state index in [2.05, 4.69) is 0 Å². The maximum absolute atomic E-state index is 10.3. The second-order valence-electron chi connectivity index (χ2n) is 1.68. The molecule has 0 heterocycles. The van der Waals surface area contributed by atoms with Crippen LogP contribution in [0, 0.1) is 0 Å². The Morgan fingerprint density at radius 1 is 0.727 bits per heavy atom. The van der Waals surface area contributed by atoms with E-state index in [0.717, 1.165) is 0 Å². The van der Waals surface area contributed by atoms with Crippen molar-refractivity contribution in [2.75, 3.05) is 0 Å². The van der Waals surface area contributed by atoms with Gasteiger partial charge in [0.25, 0.3) is 16.3 Å². The molecule has 0 atom stereocenters. The zero-order valence-corrected chi connectivity index (χ0v) is 5.12. The van der Waals surface area contributed by atoms with Crippen molar-refractivity contribution >= 4 is 0 Å². The number of aromatic hydroxyl groups is 2. The molecule has 6 heteroatoms. The van der Waals surface area contributed by atoms with Crippen molar-refractivity contribution in [3.8, 4) is 11.5 Å². The molecule has 1 aromatic carbocycles. The quantitative estimate of drug-likeness (QED) is 0.397. The molecule has 1 aromatic rings. The Hall–Kier alpha value is -1.69. The summed E-state index contributed by atoms with van der Waals surface area (Å²) in [5, 5.41) is 16.9. The first-order valence-electron chi connectivity index (χ1n) is 2.31. The highest BCUT2D eigenvalue weighted by Crippen LogP contribution is 2.09. The van der Waals surface area contributed by atoms with Crippen LogP contribution in [0.1, 0.15) is 0 Å². The molecule has 0 aliphatic heterocycles. The minimum atomic E-state index is -1.39. The van der Waals surface area contributed by atoms with Gasteiger partial charge in [-0.3, -0.25) is 14.4 Å². The number of hydrogen-bond donors (Lipinski definition) is 2. The first-order valence-corrected chi connectivity index (χ1v) is 2.31. The van der Waals surface area contributed by atoms with Gasteiger partial charge in [0.1, 0.15) is 0 Å². The molecule has 11 heavy (non-hydrogen) atoms. The zero-order valence-electron chi connectivity index (χ0n) is 5.12. The summed E-state index contributed by atoms with van der Waals surface area (Å²) in [5.74, 6) is -2.31. The molecular formula is C5H4O6. The largest absolute Gasteiger partial charge is 0.501 e. The Morgan fingerprint density at radius 3 is 1.09 bits per heavy atom. The Balaban J connectivity index is 0.000001000. The highest BCUT2D eigenvalue weighted by Gasteiger charge is 2.16. The van der Waals surface area contributed by atoms with Gasteiger partial charge >= 0.3 is 0 Å². The molecule has 60 valence electrons. The van der Waals surface area contributed by atoms with Gasteiger partial charge in [-0.1, -0.05) is 0 Å². The third-order valence-corrected chi connectivity index (χ3v) is 1.07. The van der Waals surface area contributed by atoms with Gasteiger partial charge in [0, 0.05) is 0 Å². The van der Waals surface area contributed by atoms with E-state index in [-0.39, 0.29) is 5.48 Å². The fourth-order valence-corrected chi connectivity index (χ4v) is 0.533. The summed E-state index contributed by atoms with van der Waals surface area (Å²) in [4.78, 5) is 30.8. The molecule has 0 spiro atoms. The smallest absolute Gasteiger partial charge is 0.280 e. The molecule has 1 rings (SSSR count). The normalized spacial score (nSPS) is 9.09. The van der Waals surface area contributed by atoms with E-state index in [0.29, 0.717) is 0 Å². The van der Waals surface area contributed by atoms with Crippen molar-refractivity contribution < 1.29 is 15.7 Å². The number of hydrogen-bond acceptors (Lipinski definition) is 5. The second-order valence-corrected chi connectivity index (χ2v) is 1.68. The Labute approximate surface area is 59.0 Å². The monoisotopic (exact) mass is 160 g/mol. The van der Waals surface area contributed by atoms with Crippen LogP contribution < -0.4 is 16.3 Å². The van der Waals surface area contributed by atoms with Gasteiger partial charge in [-0.05, 0) is 0 Å². The van der Waals surface area contributed by atoms with Crippen LogP contribution in [0.5, 0.6) is 11.5 Å². The van der Waals surface area contributed by atoms with Gasteiger partial charge < -0.3 is 15.7 Å². The van der Waals surface area contributed by atoms with Gasteiger partial charge in [0.15, 0.2) is 0 Å². The van der Waals surface area contributed by atoms with Crippen molar-refractivity contribution in [2.45, 2.75) is 0 Å². The fraction of sp³-hybridized carbons (Fsp3) is 0. The summed E-state index contributed by atoms with van der Waals surface area (Å²) >= 11 is 0. The number of rotatable bonds is 0. The molecule has 0 amide bonds. The van der Waals surface area contributed by atoms with Crippen molar-refractivity contribution in [3.05, 3.63) is 30.7 Å². The molecule has 6 nitrogen and oxygen atoms in total. The summed E-state index contributed by atoms with van der Waals surface area (Å²) < 4.78 is 0. The Kier molecular flexibility index (Phi) is 2.12. The summed E-state index contributed by atoms with van der Waals surface area (Å²) in [5.41, 5.74) is -4.08. The summed E-state index contributed by atoms with van der Waals surface area (Å²) in [6.45, 7) is 0. The summed E-state index contributed by atoms with van der Waals surface area (Å²) in [6, 6.07) is 0. The third kappa shape index (κ3) is 0.987. The molecule has 0 radical (unpaired) electrons. The molecule has 0 saturated carbocycles. The molecule has 0 aliphatic rings. The van der Waals surface area contributed by atoms with Crippen LogP contribution in [0.25, 0.3) is 0 Å². The van der Waals surface area contributed by atoms with Crippen molar-refractivity contribution in [3.63, 3.8) is 0 Å². The molecule has 0 bridgehead atoms. The molecule has 0 saturated heterocycles. The van der Waals surface area contributed by atoms with Gasteiger partial charge in [0.05, 0.1) is 0 Å². The summed E-state index contributed by atoms with van der Waals surface area (Å²) in [7, 11) is 0. The molecular weight excluding hydrogens is 156 g/mol. The lowest BCUT2D eigenvalue weighted by Gasteiger charge is -1.77. The van der Waals surface area contributed by atoms with Crippen LogP contribution in [-0.2, 0) is 0 Å². The predicted octanol–water partition coefficient (Wildman–Crippen LogP) is -2.77.